The molecule has 1 heterocycles. The molecular weight excluding hydrogens is 264 g/mol. The van der Waals surface area contributed by atoms with Gasteiger partial charge in [0.1, 0.15) is 0 Å². The van der Waals surface area contributed by atoms with Gasteiger partial charge in [-0.25, -0.2) is 0 Å². The Labute approximate surface area is 130 Å². The molecule has 1 fully saturated rings. The SMILES string of the molecule is COCC(C)NC(N)=NCC1CCN(CCC(C)C)CC1. The first-order chi connectivity index (χ1) is 10.0. The van der Waals surface area contributed by atoms with Crippen LogP contribution in [-0.4, -0.2) is 56.8 Å². The molecule has 5 nitrogen and oxygen atoms in total. The van der Waals surface area contributed by atoms with Crippen LogP contribution >= 0.6 is 0 Å². The van der Waals surface area contributed by atoms with Crippen molar-refractivity contribution < 1.29 is 4.74 Å². The first-order valence-corrected chi connectivity index (χ1v) is 8.29. The Morgan fingerprint density at radius 1 is 1.33 bits per heavy atom. The van der Waals surface area contributed by atoms with Gasteiger partial charge in [0.2, 0.25) is 0 Å². The summed E-state index contributed by atoms with van der Waals surface area (Å²) in [5.41, 5.74) is 5.90. The number of likely N-dealkylation sites (tertiary alicyclic amines) is 1. The van der Waals surface area contributed by atoms with E-state index in [2.05, 4.69) is 29.1 Å². The highest BCUT2D eigenvalue weighted by atomic mass is 16.5. The molecule has 0 aromatic rings. The lowest BCUT2D eigenvalue weighted by Gasteiger charge is -2.31. The lowest BCUT2D eigenvalue weighted by atomic mass is 9.96. The molecule has 0 saturated carbocycles. The van der Waals surface area contributed by atoms with Gasteiger partial charge in [-0.15, -0.1) is 0 Å². The van der Waals surface area contributed by atoms with Crippen molar-refractivity contribution in [1.82, 2.24) is 10.2 Å². The largest absolute Gasteiger partial charge is 0.383 e. The molecule has 1 unspecified atom stereocenters. The predicted octanol–water partition coefficient (Wildman–Crippen LogP) is 1.68. The van der Waals surface area contributed by atoms with E-state index in [0.717, 1.165) is 12.5 Å². The van der Waals surface area contributed by atoms with Crippen molar-refractivity contribution >= 4 is 5.96 Å². The summed E-state index contributed by atoms with van der Waals surface area (Å²) >= 11 is 0. The molecule has 1 aliphatic heterocycles. The van der Waals surface area contributed by atoms with Crippen LogP contribution in [0.15, 0.2) is 4.99 Å². The van der Waals surface area contributed by atoms with Gasteiger partial charge in [0, 0.05) is 19.7 Å². The van der Waals surface area contributed by atoms with Gasteiger partial charge in [0.05, 0.1) is 6.61 Å². The average molecular weight is 298 g/mol. The first kappa shape index (κ1) is 18.2. The van der Waals surface area contributed by atoms with E-state index in [-0.39, 0.29) is 6.04 Å². The molecule has 0 spiro atoms. The van der Waals surface area contributed by atoms with Crippen LogP contribution in [-0.2, 0) is 4.74 Å². The number of nitrogens with one attached hydrogen (secondary N) is 1. The van der Waals surface area contributed by atoms with Crippen molar-refractivity contribution in [1.29, 1.82) is 0 Å². The Morgan fingerprint density at radius 3 is 2.57 bits per heavy atom. The van der Waals surface area contributed by atoms with Crippen LogP contribution in [0.1, 0.15) is 40.0 Å². The van der Waals surface area contributed by atoms with Crippen LogP contribution in [0.5, 0.6) is 0 Å². The van der Waals surface area contributed by atoms with E-state index in [0.29, 0.717) is 18.5 Å². The molecule has 3 N–H and O–H groups in total. The first-order valence-electron chi connectivity index (χ1n) is 8.29. The van der Waals surface area contributed by atoms with Crippen LogP contribution in [0.3, 0.4) is 0 Å². The minimum absolute atomic E-state index is 0.205. The number of ether oxygens (including phenoxy) is 1. The van der Waals surface area contributed by atoms with Gasteiger partial charge < -0.3 is 20.7 Å². The highest BCUT2D eigenvalue weighted by Crippen LogP contribution is 2.18. The van der Waals surface area contributed by atoms with E-state index in [9.17, 15) is 0 Å². The molecule has 1 atom stereocenters. The number of rotatable bonds is 8. The lowest BCUT2D eigenvalue weighted by Crippen LogP contribution is -2.41. The molecule has 1 rings (SSSR count). The minimum atomic E-state index is 0.205. The van der Waals surface area contributed by atoms with Crippen molar-refractivity contribution in [2.24, 2.45) is 22.6 Å². The summed E-state index contributed by atoms with van der Waals surface area (Å²) in [5, 5.41) is 3.15. The second-order valence-corrected chi connectivity index (χ2v) is 6.69. The summed E-state index contributed by atoms with van der Waals surface area (Å²) in [7, 11) is 1.69. The molecule has 5 heteroatoms. The smallest absolute Gasteiger partial charge is 0.188 e. The number of piperidine rings is 1. The zero-order valence-electron chi connectivity index (χ0n) is 14.3. The quantitative estimate of drug-likeness (QED) is 0.529. The van der Waals surface area contributed by atoms with Crippen LogP contribution in [0.4, 0.5) is 0 Å². The monoisotopic (exact) mass is 298 g/mol. The van der Waals surface area contributed by atoms with Crippen LogP contribution in [0.25, 0.3) is 0 Å². The highest BCUT2D eigenvalue weighted by Gasteiger charge is 2.18. The summed E-state index contributed by atoms with van der Waals surface area (Å²) in [6.45, 7) is 11.8. The van der Waals surface area contributed by atoms with Crippen molar-refractivity contribution in [2.45, 2.75) is 46.1 Å². The van der Waals surface area contributed by atoms with Crippen LogP contribution in [0, 0.1) is 11.8 Å². The van der Waals surface area contributed by atoms with Crippen molar-refractivity contribution in [3.63, 3.8) is 0 Å². The third-order valence-corrected chi connectivity index (χ3v) is 4.06. The number of nitrogens with zero attached hydrogens (tertiary/aromatic N) is 2. The summed E-state index contributed by atoms with van der Waals surface area (Å²) in [6, 6.07) is 0.205. The number of hydrogen-bond donors (Lipinski definition) is 2. The van der Waals surface area contributed by atoms with Gasteiger partial charge in [-0.1, -0.05) is 13.8 Å². The Balaban J connectivity index is 2.20. The number of methoxy groups -OCH3 is 1. The zero-order chi connectivity index (χ0) is 15.7. The molecule has 0 bridgehead atoms. The number of nitrogens with two attached hydrogens (primary N) is 1. The van der Waals surface area contributed by atoms with E-state index in [1.165, 1.54) is 38.9 Å². The van der Waals surface area contributed by atoms with E-state index in [4.69, 9.17) is 10.5 Å². The molecule has 0 radical (unpaired) electrons. The normalized spacial score (nSPS) is 20.0. The van der Waals surface area contributed by atoms with Crippen LogP contribution in [0.2, 0.25) is 0 Å². The molecule has 0 amide bonds. The topological polar surface area (TPSA) is 62.9 Å². The lowest BCUT2D eigenvalue weighted by molar-refractivity contribution is 0.177. The fourth-order valence-electron chi connectivity index (χ4n) is 2.65. The molecule has 0 aliphatic carbocycles. The molecule has 0 aromatic heterocycles. The van der Waals surface area contributed by atoms with Gasteiger partial charge in [0.25, 0.3) is 0 Å². The third kappa shape index (κ3) is 8.27. The van der Waals surface area contributed by atoms with Gasteiger partial charge in [-0.3, -0.25) is 4.99 Å². The molecular formula is C16H34N4O. The fourth-order valence-corrected chi connectivity index (χ4v) is 2.65. The zero-order valence-corrected chi connectivity index (χ0v) is 14.3. The summed E-state index contributed by atoms with van der Waals surface area (Å²) < 4.78 is 5.07. The van der Waals surface area contributed by atoms with Gasteiger partial charge in [0.15, 0.2) is 5.96 Å². The predicted molar refractivity (Wildman–Crippen MR) is 89.6 cm³/mol. The maximum Gasteiger partial charge on any atom is 0.188 e. The number of aliphatic imine (C=N–C) groups is 1. The second-order valence-electron chi connectivity index (χ2n) is 6.69. The van der Waals surface area contributed by atoms with Crippen molar-refractivity contribution in [3.05, 3.63) is 0 Å². The maximum atomic E-state index is 5.90. The Kier molecular flexibility index (Phi) is 8.69. The molecule has 124 valence electrons. The van der Waals surface area contributed by atoms with Crippen LogP contribution < -0.4 is 11.1 Å². The average Bonchev–Trinajstić information content (AvgIpc) is 2.44. The Bertz CT molecular complexity index is 299. The van der Waals surface area contributed by atoms with Gasteiger partial charge in [-0.05, 0) is 57.7 Å². The standard InChI is InChI=1S/C16H34N4O/c1-13(2)5-8-20-9-6-15(7-10-20)11-18-16(17)19-14(3)12-21-4/h13-15H,5-12H2,1-4H3,(H3,17,18,19). The minimum Gasteiger partial charge on any atom is -0.383 e. The maximum absolute atomic E-state index is 5.90. The number of hydrogen-bond acceptors (Lipinski definition) is 3. The van der Waals surface area contributed by atoms with E-state index in [1.54, 1.807) is 7.11 Å². The second kappa shape index (κ2) is 10.0. The Hall–Kier alpha value is -0.810. The number of guanidine groups is 1. The summed E-state index contributed by atoms with van der Waals surface area (Å²) in [6.07, 6.45) is 3.78. The van der Waals surface area contributed by atoms with E-state index in [1.807, 2.05) is 6.92 Å². The van der Waals surface area contributed by atoms with Gasteiger partial charge in [-0.2, -0.15) is 0 Å². The van der Waals surface area contributed by atoms with Gasteiger partial charge >= 0.3 is 0 Å². The third-order valence-electron chi connectivity index (χ3n) is 4.06. The Morgan fingerprint density at radius 2 is 2.00 bits per heavy atom. The van der Waals surface area contributed by atoms with E-state index < -0.39 is 0 Å². The fraction of sp³-hybridized carbons (Fsp3) is 0.938. The summed E-state index contributed by atoms with van der Waals surface area (Å²) in [4.78, 5) is 7.06. The molecule has 21 heavy (non-hydrogen) atoms. The molecule has 1 aliphatic rings. The van der Waals surface area contributed by atoms with Crippen molar-refractivity contribution in [3.8, 4) is 0 Å². The highest BCUT2D eigenvalue weighted by molar-refractivity contribution is 5.78. The summed E-state index contributed by atoms with van der Waals surface area (Å²) in [5.74, 6) is 2.02. The van der Waals surface area contributed by atoms with Crippen molar-refractivity contribution in [2.75, 3.05) is 39.9 Å². The molecule has 0 aromatic carbocycles. The molecule has 1 saturated heterocycles. The van der Waals surface area contributed by atoms with E-state index >= 15 is 0 Å².